The Morgan fingerprint density at radius 2 is 2.10 bits per heavy atom. The van der Waals surface area contributed by atoms with Crippen molar-refractivity contribution in [3.8, 4) is 0 Å². The summed E-state index contributed by atoms with van der Waals surface area (Å²) >= 11 is 6.21. The van der Waals surface area contributed by atoms with Crippen LogP contribution in [0.15, 0.2) is 18.2 Å². The van der Waals surface area contributed by atoms with Crippen LogP contribution in [0.3, 0.4) is 0 Å². The number of hydrogen-bond acceptors (Lipinski definition) is 3. The van der Waals surface area contributed by atoms with Crippen LogP contribution in [-0.2, 0) is 0 Å². The van der Waals surface area contributed by atoms with Gasteiger partial charge in [-0.15, -0.1) is 0 Å². The van der Waals surface area contributed by atoms with Crippen molar-refractivity contribution in [1.29, 1.82) is 0 Å². The fraction of sp³-hybridized carbons (Fsp3) is 0.533. The lowest BCUT2D eigenvalue weighted by atomic mass is 10.1. The molecule has 0 bridgehead atoms. The number of piperazine rings is 1. The number of halogens is 1. The number of benzene rings is 1. The van der Waals surface area contributed by atoms with E-state index in [4.69, 9.17) is 11.6 Å². The van der Waals surface area contributed by atoms with Crippen molar-refractivity contribution in [2.75, 3.05) is 46.3 Å². The van der Waals surface area contributed by atoms with Gasteiger partial charge in [-0.2, -0.15) is 0 Å². The van der Waals surface area contributed by atoms with Gasteiger partial charge in [-0.25, -0.2) is 0 Å². The SMILES string of the molecule is Cc1cccc(C(=O)N(C)CCN2CCNCC2)c1Cl. The standard InChI is InChI=1S/C15H22ClN3O/c1-12-4-3-5-13(14(12)16)15(20)18(2)10-11-19-8-6-17-7-9-19/h3-5,17H,6-11H2,1-2H3. The highest BCUT2D eigenvalue weighted by Crippen LogP contribution is 2.21. The molecule has 1 heterocycles. The third kappa shape index (κ3) is 3.72. The van der Waals surface area contributed by atoms with Gasteiger partial charge in [-0.05, 0) is 18.6 Å². The molecule has 4 nitrogen and oxygen atoms in total. The van der Waals surface area contributed by atoms with Crippen LogP contribution in [0, 0.1) is 6.92 Å². The van der Waals surface area contributed by atoms with Gasteiger partial charge in [-0.1, -0.05) is 23.7 Å². The monoisotopic (exact) mass is 295 g/mol. The highest BCUT2D eigenvalue weighted by Gasteiger charge is 2.17. The zero-order chi connectivity index (χ0) is 14.5. The fourth-order valence-electron chi connectivity index (χ4n) is 2.35. The second-order valence-electron chi connectivity index (χ2n) is 5.25. The Bertz CT molecular complexity index is 472. The van der Waals surface area contributed by atoms with Gasteiger partial charge in [0.2, 0.25) is 0 Å². The number of amides is 1. The van der Waals surface area contributed by atoms with Gasteiger partial charge in [0, 0.05) is 46.3 Å². The van der Waals surface area contributed by atoms with Gasteiger partial charge in [-0.3, -0.25) is 9.69 Å². The van der Waals surface area contributed by atoms with Gasteiger partial charge in [0.15, 0.2) is 0 Å². The average Bonchev–Trinajstić information content (AvgIpc) is 2.48. The molecule has 1 aliphatic heterocycles. The molecule has 20 heavy (non-hydrogen) atoms. The number of aryl methyl sites for hydroxylation is 1. The summed E-state index contributed by atoms with van der Waals surface area (Å²) in [5.74, 6) is -0.00571. The molecule has 0 unspecified atom stereocenters. The summed E-state index contributed by atoms with van der Waals surface area (Å²) in [4.78, 5) is 16.5. The smallest absolute Gasteiger partial charge is 0.255 e. The third-order valence-electron chi connectivity index (χ3n) is 3.73. The van der Waals surface area contributed by atoms with E-state index in [1.54, 1.807) is 11.0 Å². The number of hydrogen-bond donors (Lipinski definition) is 1. The molecule has 1 fully saturated rings. The van der Waals surface area contributed by atoms with Crippen molar-refractivity contribution < 1.29 is 4.79 Å². The van der Waals surface area contributed by atoms with Crippen LogP contribution in [0.2, 0.25) is 5.02 Å². The van der Waals surface area contributed by atoms with Crippen molar-refractivity contribution in [2.24, 2.45) is 0 Å². The normalized spacial score (nSPS) is 16.1. The van der Waals surface area contributed by atoms with E-state index in [1.807, 2.05) is 26.1 Å². The molecule has 1 N–H and O–H groups in total. The van der Waals surface area contributed by atoms with E-state index in [0.29, 0.717) is 10.6 Å². The Morgan fingerprint density at radius 3 is 2.80 bits per heavy atom. The van der Waals surface area contributed by atoms with E-state index < -0.39 is 0 Å². The molecule has 0 atom stereocenters. The average molecular weight is 296 g/mol. The molecule has 5 heteroatoms. The van der Waals surface area contributed by atoms with Crippen molar-refractivity contribution in [1.82, 2.24) is 15.1 Å². The molecule has 1 aromatic carbocycles. The van der Waals surface area contributed by atoms with Crippen LogP contribution < -0.4 is 5.32 Å². The number of carbonyl (C=O) groups is 1. The van der Waals surface area contributed by atoms with Crippen molar-refractivity contribution in [3.63, 3.8) is 0 Å². The number of nitrogens with zero attached hydrogens (tertiary/aromatic N) is 2. The maximum absolute atomic E-state index is 12.4. The first kappa shape index (κ1) is 15.3. The zero-order valence-corrected chi connectivity index (χ0v) is 12.9. The molecule has 1 saturated heterocycles. The van der Waals surface area contributed by atoms with E-state index >= 15 is 0 Å². The van der Waals surface area contributed by atoms with Crippen molar-refractivity contribution >= 4 is 17.5 Å². The molecule has 1 aliphatic rings. The molecule has 110 valence electrons. The van der Waals surface area contributed by atoms with Crippen LogP contribution in [0.5, 0.6) is 0 Å². The lowest BCUT2D eigenvalue weighted by molar-refractivity contribution is 0.0775. The minimum atomic E-state index is -0.00571. The highest BCUT2D eigenvalue weighted by atomic mass is 35.5. The lowest BCUT2D eigenvalue weighted by Gasteiger charge is -2.29. The molecule has 2 rings (SSSR count). The summed E-state index contributed by atoms with van der Waals surface area (Å²) in [6, 6.07) is 5.58. The van der Waals surface area contributed by atoms with Crippen LogP contribution in [0.4, 0.5) is 0 Å². The number of rotatable bonds is 4. The van der Waals surface area contributed by atoms with Gasteiger partial charge in [0.25, 0.3) is 5.91 Å². The Morgan fingerprint density at radius 1 is 1.40 bits per heavy atom. The molecule has 0 aliphatic carbocycles. The second-order valence-corrected chi connectivity index (χ2v) is 5.63. The Balaban J connectivity index is 1.92. The Kier molecular flexibility index (Phi) is 5.40. The number of nitrogens with one attached hydrogen (secondary N) is 1. The minimum Gasteiger partial charge on any atom is -0.340 e. The Hall–Kier alpha value is -1.10. The third-order valence-corrected chi connectivity index (χ3v) is 4.23. The summed E-state index contributed by atoms with van der Waals surface area (Å²) < 4.78 is 0. The molecular formula is C15H22ClN3O. The van der Waals surface area contributed by atoms with Crippen LogP contribution in [-0.4, -0.2) is 62.0 Å². The summed E-state index contributed by atoms with van der Waals surface area (Å²) in [7, 11) is 1.84. The highest BCUT2D eigenvalue weighted by molar-refractivity contribution is 6.34. The van der Waals surface area contributed by atoms with Gasteiger partial charge in [0.1, 0.15) is 0 Å². The van der Waals surface area contributed by atoms with E-state index in [0.717, 1.165) is 44.8 Å². The predicted octanol–water partition coefficient (Wildman–Crippen LogP) is 1.63. The summed E-state index contributed by atoms with van der Waals surface area (Å²) in [6.07, 6.45) is 0. The fourth-order valence-corrected chi connectivity index (χ4v) is 2.55. The first-order chi connectivity index (χ1) is 9.59. The first-order valence-electron chi connectivity index (χ1n) is 7.03. The molecule has 0 spiro atoms. The zero-order valence-electron chi connectivity index (χ0n) is 12.2. The van der Waals surface area contributed by atoms with Gasteiger partial charge in [0.05, 0.1) is 10.6 Å². The second kappa shape index (κ2) is 7.07. The Labute approximate surface area is 125 Å². The van der Waals surface area contributed by atoms with Crippen molar-refractivity contribution in [3.05, 3.63) is 34.3 Å². The maximum Gasteiger partial charge on any atom is 0.255 e. The van der Waals surface area contributed by atoms with Crippen LogP contribution in [0.25, 0.3) is 0 Å². The number of likely N-dealkylation sites (N-methyl/N-ethyl adjacent to an activating group) is 1. The van der Waals surface area contributed by atoms with E-state index in [1.165, 1.54) is 0 Å². The van der Waals surface area contributed by atoms with Crippen LogP contribution in [0.1, 0.15) is 15.9 Å². The molecule has 0 radical (unpaired) electrons. The predicted molar refractivity (Wildman–Crippen MR) is 82.5 cm³/mol. The van der Waals surface area contributed by atoms with E-state index in [2.05, 4.69) is 10.2 Å². The summed E-state index contributed by atoms with van der Waals surface area (Å²) in [6.45, 7) is 7.71. The maximum atomic E-state index is 12.4. The molecule has 1 aromatic rings. The first-order valence-corrected chi connectivity index (χ1v) is 7.41. The minimum absolute atomic E-state index is 0.00571. The summed E-state index contributed by atoms with van der Waals surface area (Å²) in [5.41, 5.74) is 1.53. The van der Waals surface area contributed by atoms with Gasteiger partial charge >= 0.3 is 0 Å². The molecule has 1 amide bonds. The van der Waals surface area contributed by atoms with Gasteiger partial charge < -0.3 is 10.2 Å². The molecular weight excluding hydrogens is 274 g/mol. The molecule has 0 aromatic heterocycles. The topological polar surface area (TPSA) is 35.6 Å². The summed E-state index contributed by atoms with van der Waals surface area (Å²) in [5, 5.41) is 3.89. The molecule has 0 saturated carbocycles. The quantitative estimate of drug-likeness (QED) is 0.917. The largest absolute Gasteiger partial charge is 0.340 e. The number of carbonyl (C=O) groups excluding carboxylic acids is 1. The van der Waals surface area contributed by atoms with Crippen molar-refractivity contribution in [2.45, 2.75) is 6.92 Å². The van der Waals surface area contributed by atoms with E-state index in [9.17, 15) is 4.79 Å². The van der Waals surface area contributed by atoms with E-state index in [-0.39, 0.29) is 5.91 Å². The lowest BCUT2D eigenvalue weighted by Crippen LogP contribution is -2.46. The van der Waals surface area contributed by atoms with Crippen LogP contribution >= 0.6 is 11.6 Å².